The van der Waals surface area contributed by atoms with Crippen molar-refractivity contribution in [2.45, 2.75) is 13.8 Å². The fraction of sp³-hybridized carbons (Fsp3) is 0.0714. The maximum atomic E-state index is 12.3. The molecular weight excluding hydrogens is 428 g/mol. The van der Waals surface area contributed by atoms with Crippen molar-refractivity contribution in [2.24, 2.45) is 0 Å². The quantitative estimate of drug-likeness (QED) is 0.233. The number of H-pyrrole nitrogens is 2. The van der Waals surface area contributed by atoms with Gasteiger partial charge in [0.15, 0.2) is 0 Å². The van der Waals surface area contributed by atoms with Crippen LogP contribution in [0.1, 0.15) is 11.1 Å². The van der Waals surface area contributed by atoms with E-state index >= 15 is 0 Å². The monoisotopic (exact) mass is 450 g/mol. The number of aromatic nitrogens is 2. The van der Waals surface area contributed by atoms with Crippen molar-refractivity contribution in [3.05, 3.63) is 104 Å². The number of aromatic amines is 2. The summed E-state index contributed by atoms with van der Waals surface area (Å²) in [5.41, 5.74) is 4.62. The SMILES string of the molecule is Cc1ccc(O)c2c(=O)c3ccccc3[nH]c12.Cc1ccc(O)c2c(=O)c3ccccc3[nH]c12. The van der Waals surface area contributed by atoms with Crippen LogP contribution in [0.25, 0.3) is 43.6 Å². The highest BCUT2D eigenvalue weighted by Crippen LogP contribution is 2.26. The topological polar surface area (TPSA) is 106 Å². The molecule has 6 aromatic rings. The Labute approximate surface area is 193 Å². The number of phenolic OH excluding ortho intramolecular Hbond substituents is 2. The average molecular weight is 450 g/mol. The van der Waals surface area contributed by atoms with Crippen molar-refractivity contribution in [1.29, 1.82) is 0 Å². The molecule has 6 heteroatoms. The molecule has 0 amide bonds. The first-order valence-corrected chi connectivity index (χ1v) is 10.8. The lowest BCUT2D eigenvalue weighted by Gasteiger charge is -2.06. The minimum Gasteiger partial charge on any atom is -0.507 e. The van der Waals surface area contributed by atoms with Gasteiger partial charge in [-0.05, 0) is 61.4 Å². The fourth-order valence-electron chi connectivity index (χ4n) is 4.29. The molecule has 0 atom stereocenters. The molecule has 34 heavy (non-hydrogen) atoms. The van der Waals surface area contributed by atoms with Crippen LogP contribution >= 0.6 is 0 Å². The Hall–Kier alpha value is -4.58. The van der Waals surface area contributed by atoms with E-state index in [2.05, 4.69) is 9.97 Å². The van der Waals surface area contributed by atoms with E-state index in [1.165, 1.54) is 0 Å². The first kappa shape index (κ1) is 21.3. The number of fused-ring (bicyclic) bond motifs is 4. The summed E-state index contributed by atoms with van der Waals surface area (Å²) in [4.78, 5) is 31.0. The summed E-state index contributed by atoms with van der Waals surface area (Å²) in [5, 5.41) is 21.6. The number of hydrogen-bond donors (Lipinski definition) is 4. The number of pyridine rings is 2. The molecule has 6 nitrogen and oxygen atoms in total. The van der Waals surface area contributed by atoms with Crippen molar-refractivity contribution in [3.8, 4) is 11.5 Å². The van der Waals surface area contributed by atoms with Crippen molar-refractivity contribution in [2.75, 3.05) is 0 Å². The molecule has 0 aliphatic heterocycles. The number of hydrogen-bond acceptors (Lipinski definition) is 4. The van der Waals surface area contributed by atoms with E-state index in [4.69, 9.17) is 0 Å². The smallest absolute Gasteiger partial charge is 0.200 e. The van der Waals surface area contributed by atoms with Crippen LogP contribution in [0.2, 0.25) is 0 Å². The lowest BCUT2D eigenvalue weighted by molar-refractivity contribution is 0.480. The van der Waals surface area contributed by atoms with Crippen LogP contribution in [0.15, 0.2) is 82.4 Å². The first-order valence-electron chi connectivity index (χ1n) is 10.8. The molecule has 0 aliphatic rings. The van der Waals surface area contributed by atoms with Gasteiger partial charge < -0.3 is 20.2 Å². The van der Waals surface area contributed by atoms with Gasteiger partial charge in [-0.3, -0.25) is 9.59 Å². The number of para-hydroxylation sites is 2. The van der Waals surface area contributed by atoms with E-state index in [1.807, 2.05) is 50.2 Å². The number of phenols is 2. The predicted molar refractivity (Wildman–Crippen MR) is 137 cm³/mol. The predicted octanol–water partition coefficient (Wildman–Crippen LogP) is 5.39. The van der Waals surface area contributed by atoms with Gasteiger partial charge in [-0.15, -0.1) is 0 Å². The van der Waals surface area contributed by atoms with E-state index in [-0.39, 0.29) is 22.4 Å². The van der Waals surface area contributed by atoms with Crippen molar-refractivity contribution in [1.82, 2.24) is 9.97 Å². The Balaban J connectivity index is 0.000000142. The molecule has 2 aromatic heterocycles. The second-order valence-corrected chi connectivity index (χ2v) is 8.30. The molecule has 168 valence electrons. The van der Waals surface area contributed by atoms with E-state index < -0.39 is 0 Å². The zero-order valence-electron chi connectivity index (χ0n) is 18.6. The highest BCUT2D eigenvalue weighted by atomic mass is 16.3. The molecule has 0 saturated heterocycles. The molecule has 0 saturated carbocycles. The fourth-order valence-corrected chi connectivity index (χ4v) is 4.29. The van der Waals surface area contributed by atoms with Crippen molar-refractivity contribution < 1.29 is 10.2 Å². The summed E-state index contributed by atoms with van der Waals surface area (Å²) >= 11 is 0. The minimum absolute atomic E-state index is 0.0256. The summed E-state index contributed by atoms with van der Waals surface area (Å²) in [6, 6.07) is 21.3. The summed E-state index contributed by atoms with van der Waals surface area (Å²) < 4.78 is 0. The van der Waals surface area contributed by atoms with Crippen LogP contribution in [-0.4, -0.2) is 20.2 Å². The Morgan fingerprint density at radius 1 is 0.559 bits per heavy atom. The van der Waals surface area contributed by atoms with Gasteiger partial charge in [0.25, 0.3) is 0 Å². The Morgan fingerprint density at radius 3 is 1.35 bits per heavy atom. The molecule has 4 N–H and O–H groups in total. The third kappa shape index (κ3) is 3.36. The molecule has 0 radical (unpaired) electrons. The lowest BCUT2D eigenvalue weighted by atomic mass is 10.1. The van der Waals surface area contributed by atoms with Gasteiger partial charge in [-0.2, -0.15) is 0 Å². The third-order valence-corrected chi connectivity index (χ3v) is 6.10. The van der Waals surface area contributed by atoms with Crippen molar-refractivity contribution in [3.63, 3.8) is 0 Å². The third-order valence-electron chi connectivity index (χ3n) is 6.10. The number of benzene rings is 4. The summed E-state index contributed by atoms with van der Waals surface area (Å²) in [6.07, 6.45) is 0. The van der Waals surface area contributed by atoms with Gasteiger partial charge in [0.1, 0.15) is 11.5 Å². The van der Waals surface area contributed by atoms with E-state index in [9.17, 15) is 19.8 Å². The Bertz CT molecular complexity index is 1710. The van der Waals surface area contributed by atoms with E-state index in [0.29, 0.717) is 32.6 Å². The van der Waals surface area contributed by atoms with Gasteiger partial charge in [-0.25, -0.2) is 0 Å². The lowest BCUT2D eigenvalue weighted by Crippen LogP contribution is -2.05. The second kappa shape index (κ2) is 8.08. The van der Waals surface area contributed by atoms with Gasteiger partial charge in [0.2, 0.25) is 10.9 Å². The minimum atomic E-state index is -0.129. The van der Waals surface area contributed by atoms with Crippen LogP contribution in [0, 0.1) is 13.8 Å². The van der Waals surface area contributed by atoms with Gasteiger partial charge in [0.05, 0.1) is 21.8 Å². The molecule has 4 aromatic carbocycles. The van der Waals surface area contributed by atoms with Gasteiger partial charge >= 0.3 is 0 Å². The number of aryl methyl sites for hydroxylation is 2. The highest BCUT2D eigenvalue weighted by molar-refractivity contribution is 5.97. The second-order valence-electron chi connectivity index (χ2n) is 8.30. The van der Waals surface area contributed by atoms with Gasteiger partial charge in [-0.1, -0.05) is 36.4 Å². The number of rotatable bonds is 0. The van der Waals surface area contributed by atoms with E-state index in [1.54, 1.807) is 36.4 Å². The molecule has 2 heterocycles. The maximum absolute atomic E-state index is 12.3. The van der Waals surface area contributed by atoms with Gasteiger partial charge in [0, 0.05) is 21.8 Å². The average Bonchev–Trinajstić information content (AvgIpc) is 2.84. The highest BCUT2D eigenvalue weighted by Gasteiger charge is 2.11. The van der Waals surface area contributed by atoms with Crippen LogP contribution in [0.4, 0.5) is 0 Å². The molecule has 0 unspecified atom stereocenters. The maximum Gasteiger partial charge on any atom is 0.200 e. The number of aromatic hydroxyl groups is 2. The van der Waals surface area contributed by atoms with Crippen LogP contribution in [0.3, 0.4) is 0 Å². The summed E-state index contributed by atoms with van der Waals surface area (Å²) in [7, 11) is 0. The standard InChI is InChI=1S/2C14H11NO2/c2*1-8-6-7-11(16)12-13(8)15-10-5-3-2-4-9(10)14(12)17/h2*2-7,16H,1H3,(H,15,17). The zero-order valence-corrected chi connectivity index (χ0v) is 18.6. The summed E-state index contributed by atoms with van der Waals surface area (Å²) in [6.45, 7) is 3.82. The van der Waals surface area contributed by atoms with Crippen LogP contribution < -0.4 is 10.9 Å². The normalized spacial score (nSPS) is 11.1. The molecule has 0 bridgehead atoms. The molecule has 0 spiro atoms. The van der Waals surface area contributed by atoms with Crippen LogP contribution in [0.5, 0.6) is 11.5 Å². The van der Waals surface area contributed by atoms with E-state index in [0.717, 1.165) is 22.2 Å². The molecule has 6 rings (SSSR count). The molecule has 0 aliphatic carbocycles. The van der Waals surface area contributed by atoms with Crippen LogP contribution in [-0.2, 0) is 0 Å². The molecule has 0 fully saturated rings. The van der Waals surface area contributed by atoms with Crippen molar-refractivity contribution >= 4 is 43.6 Å². The Morgan fingerprint density at radius 2 is 0.941 bits per heavy atom. The summed E-state index contributed by atoms with van der Waals surface area (Å²) in [5.74, 6) is 0.0511. The largest absolute Gasteiger partial charge is 0.507 e. The zero-order chi connectivity index (χ0) is 24.0. The number of nitrogens with one attached hydrogen (secondary N) is 2. The molecular formula is C28H22N2O4. The Kier molecular flexibility index (Phi) is 5.06. The first-order chi connectivity index (χ1) is 16.4.